The molecule has 5 aromatic rings. The van der Waals surface area contributed by atoms with Crippen molar-refractivity contribution in [1.82, 2.24) is 19.9 Å². The van der Waals surface area contributed by atoms with Crippen molar-refractivity contribution in [3.63, 3.8) is 0 Å². The monoisotopic (exact) mass is 544 g/mol. The Balaban J connectivity index is 1.04. The van der Waals surface area contributed by atoms with Crippen LogP contribution < -0.4 is 0 Å². The quantitative estimate of drug-likeness (QED) is 0.218. The summed E-state index contributed by atoms with van der Waals surface area (Å²) in [7, 11) is 0. The van der Waals surface area contributed by atoms with Gasteiger partial charge in [0.2, 0.25) is 0 Å². The lowest BCUT2D eigenvalue weighted by Crippen LogP contribution is -2.32. The number of aryl methyl sites for hydroxylation is 1. The minimum Gasteiger partial charge on any atom is -0.352 e. The second-order valence-electron chi connectivity index (χ2n) is 11.0. The maximum absolute atomic E-state index is 13.4. The van der Waals surface area contributed by atoms with Gasteiger partial charge in [-0.25, -0.2) is 4.98 Å². The van der Waals surface area contributed by atoms with E-state index in [9.17, 15) is 14.4 Å². The highest BCUT2D eigenvalue weighted by atomic mass is 32.1. The Morgan fingerprint density at radius 3 is 3.00 bits per heavy atom. The number of aromatic nitrogens is 3. The molecule has 1 amide bonds. The molecule has 0 unspecified atom stereocenters. The normalized spacial score (nSPS) is 21.1. The number of hydrogen-bond donors (Lipinski definition) is 2. The van der Waals surface area contributed by atoms with Gasteiger partial charge in [0, 0.05) is 70.5 Å². The largest absolute Gasteiger partial charge is 0.352 e. The fourth-order valence-corrected chi connectivity index (χ4v) is 7.75. The minimum atomic E-state index is -0.173. The van der Waals surface area contributed by atoms with Gasteiger partial charge >= 0.3 is 0 Å². The molecule has 2 fully saturated rings. The first-order valence-electron chi connectivity index (χ1n) is 13.3. The van der Waals surface area contributed by atoms with Crippen molar-refractivity contribution >= 4 is 56.8 Å². The average Bonchev–Trinajstić information content (AvgIpc) is 3.39. The van der Waals surface area contributed by atoms with Crippen molar-refractivity contribution in [3.05, 3.63) is 105 Å². The Kier molecular flexibility index (Phi) is 4.80. The summed E-state index contributed by atoms with van der Waals surface area (Å²) < 4.78 is 0. The number of thiophene rings is 1. The smallest absolute Gasteiger partial charge is 0.250 e. The van der Waals surface area contributed by atoms with E-state index in [2.05, 4.69) is 27.3 Å². The van der Waals surface area contributed by atoms with Crippen LogP contribution in [-0.2, 0) is 16.6 Å². The number of para-hydroxylation sites is 1. The Hall–Kier alpha value is -4.56. The van der Waals surface area contributed by atoms with E-state index in [1.807, 2.05) is 42.6 Å². The van der Waals surface area contributed by atoms with Crippen LogP contribution in [0.3, 0.4) is 0 Å². The van der Waals surface area contributed by atoms with Gasteiger partial charge in [-0.3, -0.25) is 14.4 Å². The van der Waals surface area contributed by atoms with Crippen molar-refractivity contribution in [3.8, 4) is 0 Å². The highest BCUT2D eigenvalue weighted by Crippen LogP contribution is 2.67. The first kappa shape index (κ1) is 23.3. The third-order valence-corrected chi connectivity index (χ3v) is 9.77. The number of nitrogens with one attached hydrogen (secondary N) is 2. The van der Waals surface area contributed by atoms with E-state index in [0.29, 0.717) is 23.8 Å². The van der Waals surface area contributed by atoms with Crippen LogP contribution in [0, 0.1) is 12.8 Å². The number of H-pyrrole nitrogens is 2. The molecule has 0 radical (unpaired) electrons. The number of pyridine rings is 1. The number of fused-ring (bicyclic) bond motifs is 3. The van der Waals surface area contributed by atoms with Crippen molar-refractivity contribution in [2.45, 2.75) is 25.2 Å². The summed E-state index contributed by atoms with van der Waals surface area (Å²) in [6.45, 7) is 2.69. The van der Waals surface area contributed by atoms with Crippen molar-refractivity contribution in [2.24, 2.45) is 5.92 Å². The predicted octanol–water partition coefficient (Wildman–Crippen LogP) is 5.73. The van der Waals surface area contributed by atoms with Gasteiger partial charge in [0.15, 0.2) is 11.6 Å². The maximum atomic E-state index is 13.4. The molecular formula is C32H24N4O3S. The lowest BCUT2D eigenvalue weighted by atomic mass is 9.84. The number of Topliss-reactive ketones (excluding diaryl/α,β-unsaturated/α-hetero) is 1. The summed E-state index contributed by atoms with van der Waals surface area (Å²) in [5.74, 6) is 0.224. The summed E-state index contributed by atoms with van der Waals surface area (Å²) in [6.07, 6.45) is 9.78. The van der Waals surface area contributed by atoms with Gasteiger partial charge in [-0.2, -0.15) is 0 Å². The van der Waals surface area contributed by atoms with Crippen LogP contribution in [0.25, 0.3) is 28.0 Å². The topological polar surface area (TPSA) is 98.9 Å². The first-order chi connectivity index (χ1) is 19.4. The molecule has 1 aliphatic heterocycles. The van der Waals surface area contributed by atoms with Crippen molar-refractivity contribution in [2.75, 3.05) is 6.54 Å². The maximum Gasteiger partial charge on any atom is 0.250 e. The second-order valence-corrected chi connectivity index (χ2v) is 11.9. The van der Waals surface area contributed by atoms with Gasteiger partial charge in [0.25, 0.3) is 5.91 Å². The zero-order chi connectivity index (χ0) is 27.2. The summed E-state index contributed by atoms with van der Waals surface area (Å²) in [6, 6.07) is 11.6. The third kappa shape index (κ3) is 3.29. The predicted molar refractivity (Wildman–Crippen MR) is 154 cm³/mol. The minimum absolute atomic E-state index is 0.000261. The Morgan fingerprint density at radius 1 is 1.25 bits per heavy atom. The number of amides is 1. The van der Waals surface area contributed by atoms with Gasteiger partial charge in [-0.05, 0) is 65.6 Å². The molecule has 8 rings (SSSR count). The van der Waals surface area contributed by atoms with E-state index < -0.39 is 0 Å². The van der Waals surface area contributed by atoms with E-state index >= 15 is 0 Å². The number of rotatable bonds is 5. The number of piperidine rings is 1. The highest BCUT2D eigenvalue weighted by molar-refractivity contribution is 7.12. The van der Waals surface area contributed by atoms with Gasteiger partial charge in [0.1, 0.15) is 5.65 Å². The second kappa shape index (κ2) is 8.22. The number of benzene rings is 1. The lowest BCUT2D eigenvalue weighted by Gasteiger charge is -2.27. The number of allylic oxidation sites excluding steroid dienone is 2. The van der Waals surface area contributed by atoms with Gasteiger partial charge in [-0.15, -0.1) is 11.3 Å². The number of aromatic amines is 2. The highest BCUT2D eigenvalue weighted by Gasteiger charge is 2.67. The van der Waals surface area contributed by atoms with Gasteiger partial charge < -0.3 is 14.9 Å². The van der Waals surface area contributed by atoms with Crippen LogP contribution >= 0.6 is 11.3 Å². The van der Waals surface area contributed by atoms with Crippen LogP contribution in [0.5, 0.6) is 0 Å². The number of ketones is 2. The fraction of sp³-hybridized carbons (Fsp3) is 0.188. The molecule has 3 aliphatic rings. The zero-order valence-corrected chi connectivity index (χ0v) is 22.5. The molecule has 1 aromatic carbocycles. The van der Waals surface area contributed by atoms with E-state index in [-0.39, 0.29) is 29.3 Å². The molecular weight excluding hydrogens is 520 g/mol. The first-order valence-corrected chi connectivity index (χ1v) is 14.2. The molecule has 196 valence electrons. The number of carbonyl (C=O) groups excluding carboxylic acids is 3. The van der Waals surface area contributed by atoms with E-state index in [4.69, 9.17) is 0 Å². The number of carbonyl (C=O) groups is 3. The molecule has 2 N–H and O–H groups in total. The van der Waals surface area contributed by atoms with Crippen LogP contribution in [0.2, 0.25) is 0 Å². The van der Waals surface area contributed by atoms with Gasteiger partial charge in [0.05, 0.1) is 10.6 Å². The average molecular weight is 545 g/mol. The molecule has 2 aliphatic carbocycles. The van der Waals surface area contributed by atoms with Crippen LogP contribution in [0.1, 0.15) is 48.8 Å². The van der Waals surface area contributed by atoms with E-state index in [1.165, 1.54) is 11.3 Å². The molecule has 4 aromatic heterocycles. The Morgan fingerprint density at radius 2 is 2.12 bits per heavy atom. The molecule has 2 atom stereocenters. The molecule has 1 saturated carbocycles. The molecule has 8 heteroatoms. The molecule has 5 heterocycles. The number of nitrogens with zero attached hydrogens (tertiary/aromatic N) is 2. The SMILES string of the molecule is Cc1csc2c1[C@@]13C[C@@H]1CN(C(=O)/C=C/c1c[nH]c4ncc(CC(=O)c5cc6ccccc6[nH]5)cc14)C3=CC2=O. The molecule has 40 heavy (non-hydrogen) atoms. The van der Waals surface area contributed by atoms with Crippen LogP contribution in [-0.4, -0.2) is 43.9 Å². The van der Waals surface area contributed by atoms with E-state index in [1.54, 1.807) is 29.3 Å². The van der Waals surface area contributed by atoms with Crippen LogP contribution in [0.15, 0.2) is 72.0 Å². The Bertz CT molecular complexity index is 1960. The lowest BCUT2D eigenvalue weighted by molar-refractivity contribution is -0.123. The Labute approximate surface area is 233 Å². The molecule has 7 nitrogen and oxygen atoms in total. The van der Waals surface area contributed by atoms with Crippen LogP contribution in [0.4, 0.5) is 0 Å². The summed E-state index contributed by atoms with van der Waals surface area (Å²) >= 11 is 1.51. The van der Waals surface area contributed by atoms with Crippen molar-refractivity contribution in [1.29, 1.82) is 0 Å². The third-order valence-electron chi connectivity index (χ3n) is 8.65. The number of hydrogen-bond acceptors (Lipinski definition) is 5. The summed E-state index contributed by atoms with van der Waals surface area (Å²) in [5.41, 5.74) is 6.78. The zero-order valence-electron chi connectivity index (χ0n) is 21.7. The standard InChI is InChI=1S/C32H24N4O3S/c1-17-16-40-30-26(38)11-27-32(29(17)30)12-21(32)15-36(27)28(39)7-6-20-14-34-31-22(20)8-18(13-33-31)9-25(37)24-10-19-4-2-3-5-23(19)35-24/h2-8,10-11,13-14,16,21,35H,9,12,15H2,1H3,(H,33,34)/b7-6+/t21-,32+/m1/s1. The van der Waals surface area contributed by atoms with Gasteiger partial charge in [-0.1, -0.05) is 18.2 Å². The fourth-order valence-electron chi connectivity index (χ4n) is 6.70. The summed E-state index contributed by atoms with van der Waals surface area (Å²) in [4.78, 5) is 52.7. The molecule has 0 bridgehead atoms. The van der Waals surface area contributed by atoms with E-state index in [0.717, 1.165) is 55.5 Å². The number of likely N-dealkylation sites (tertiary alicyclic amines) is 1. The molecule has 1 spiro atoms. The summed E-state index contributed by atoms with van der Waals surface area (Å²) in [5, 5.41) is 3.90. The van der Waals surface area contributed by atoms with Crippen molar-refractivity contribution < 1.29 is 14.4 Å². The molecule has 1 saturated heterocycles.